The molecule has 1 aromatic rings. The van der Waals surface area contributed by atoms with Gasteiger partial charge in [0.05, 0.1) is 23.2 Å². The lowest BCUT2D eigenvalue weighted by atomic mass is 10.1. The highest BCUT2D eigenvalue weighted by Crippen LogP contribution is 2.31. The molecular formula is C16H19ClN2O3. The van der Waals surface area contributed by atoms with E-state index in [1.54, 1.807) is 11.0 Å². The summed E-state index contributed by atoms with van der Waals surface area (Å²) in [6.07, 6.45) is 1.10. The van der Waals surface area contributed by atoms with Crippen LogP contribution in [0.2, 0.25) is 5.02 Å². The van der Waals surface area contributed by atoms with Crippen LogP contribution in [0.5, 0.6) is 0 Å². The van der Waals surface area contributed by atoms with E-state index in [-0.39, 0.29) is 24.2 Å². The summed E-state index contributed by atoms with van der Waals surface area (Å²) in [7, 11) is 0. The molecule has 2 aliphatic heterocycles. The first kappa shape index (κ1) is 15.3. The van der Waals surface area contributed by atoms with Crippen molar-refractivity contribution in [3.05, 3.63) is 29.3 Å². The van der Waals surface area contributed by atoms with Crippen LogP contribution in [0, 0.1) is 5.92 Å². The average Bonchev–Trinajstić information content (AvgIpc) is 2.74. The number of carbonyl (C=O) groups excluding carboxylic acids is 2. The van der Waals surface area contributed by atoms with Gasteiger partial charge in [0.2, 0.25) is 11.8 Å². The number of nitrogens with zero attached hydrogens (tertiary/aromatic N) is 2. The normalized spacial score (nSPS) is 22.8. The first-order valence-electron chi connectivity index (χ1n) is 7.58. The lowest BCUT2D eigenvalue weighted by molar-refractivity contribution is -0.135. The molecule has 0 saturated carbocycles. The second kappa shape index (κ2) is 6.67. The smallest absolute Gasteiger partial charge is 0.228 e. The molecule has 0 spiro atoms. The Morgan fingerprint density at radius 3 is 2.86 bits per heavy atom. The zero-order chi connectivity index (χ0) is 15.5. The summed E-state index contributed by atoms with van der Waals surface area (Å²) < 4.78 is 5.38. The van der Waals surface area contributed by atoms with E-state index in [9.17, 15) is 9.59 Å². The number of hydrogen-bond donors (Lipinski definition) is 0. The third-order valence-corrected chi connectivity index (χ3v) is 4.47. The summed E-state index contributed by atoms with van der Waals surface area (Å²) in [5.41, 5.74) is 0.684. The van der Waals surface area contributed by atoms with Crippen molar-refractivity contribution in [1.29, 1.82) is 0 Å². The summed E-state index contributed by atoms with van der Waals surface area (Å²) in [5.74, 6) is -0.284. The van der Waals surface area contributed by atoms with Gasteiger partial charge in [-0.3, -0.25) is 9.59 Å². The van der Waals surface area contributed by atoms with E-state index in [0.29, 0.717) is 43.6 Å². The molecule has 0 N–H and O–H groups in total. The maximum absolute atomic E-state index is 12.6. The van der Waals surface area contributed by atoms with Crippen molar-refractivity contribution in [1.82, 2.24) is 4.90 Å². The average molecular weight is 323 g/mol. The zero-order valence-corrected chi connectivity index (χ0v) is 13.1. The van der Waals surface area contributed by atoms with Crippen molar-refractivity contribution in [3.63, 3.8) is 0 Å². The van der Waals surface area contributed by atoms with Crippen LogP contribution in [0.1, 0.15) is 12.8 Å². The molecule has 118 valence electrons. The molecule has 5 nitrogen and oxygen atoms in total. The molecule has 2 saturated heterocycles. The van der Waals surface area contributed by atoms with E-state index in [1.165, 1.54) is 0 Å². The Balaban J connectivity index is 1.71. The van der Waals surface area contributed by atoms with Crippen molar-refractivity contribution in [2.24, 2.45) is 5.92 Å². The van der Waals surface area contributed by atoms with Gasteiger partial charge in [0.15, 0.2) is 0 Å². The fourth-order valence-corrected chi connectivity index (χ4v) is 3.24. The molecule has 0 radical (unpaired) electrons. The van der Waals surface area contributed by atoms with Gasteiger partial charge in [-0.05, 0) is 18.6 Å². The van der Waals surface area contributed by atoms with Crippen molar-refractivity contribution < 1.29 is 14.3 Å². The summed E-state index contributed by atoms with van der Waals surface area (Å²) in [6, 6.07) is 7.24. The van der Waals surface area contributed by atoms with Crippen LogP contribution in [0.3, 0.4) is 0 Å². The number of halogens is 1. The molecule has 3 rings (SSSR count). The number of anilines is 1. The number of ether oxygens (including phenoxy) is 1. The topological polar surface area (TPSA) is 49.9 Å². The minimum absolute atomic E-state index is 0.0440. The molecule has 1 unspecified atom stereocenters. The number of hydrogen-bond acceptors (Lipinski definition) is 3. The second-order valence-electron chi connectivity index (χ2n) is 5.65. The van der Waals surface area contributed by atoms with Gasteiger partial charge in [-0.2, -0.15) is 0 Å². The Morgan fingerprint density at radius 1 is 1.23 bits per heavy atom. The summed E-state index contributed by atoms with van der Waals surface area (Å²) in [4.78, 5) is 28.3. The van der Waals surface area contributed by atoms with Crippen LogP contribution in [0.4, 0.5) is 5.69 Å². The lowest BCUT2D eigenvalue weighted by Gasteiger charge is -2.23. The van der Waals surface area contributed by atoms with E-state index < -0.39 is 0 Å². The number of amides is 2. The molecule has 2 heterocycles. The molecule has 1 atom stereocenters. The van der Waals surface area contributed by atoms with E-state index in [1.807, 2.05) is 23.1 Å². The molecule has 0 aromatic heterocycles. The van der Waals surface area contributed by atoms with Gasteiger partial charge in [-0.25, -0.2) is 0 Å². The number of carbonyl (C=O) groups is 2. The summed E-state index contributed by atoms with van der Waals surface area (Å²) in [5, 5.41) is 0.534. The van der Waals surface area contributed by atoms with Crippen molar-refractivity contribution in [2.75, 3.05) is 37.7 Å². The van der Waals surface area contributed by atoms with Gasteiger partial charge < -0.3 is 14.5 Å². The summed E-state index contributed by atoms with van der Waals surface area (Å²) >= 11 is 6.16. The highest BCUT2D eigenvalue weighted by molar-refractivity contribution is 6.33. The Labute approximate surface area is 134 Å². The SMILES string of the molecule is O=C(C1CC(=O)N(c2ccccc2Cl)C1)N1CCCOCC1. The molecule has 2 aliphatic rings. The third-order valence-electron chi connectivity index (χ3n) is 4.15. The van der Waals surface area contributed by atoms with E-state index >= 15 is 0 Å². The van der Waals surface area contributed by atoms with Crippen molar-refractivity contribution >= 4 is 29.1 Å². The van der Waals surface area contributed by atoms with Gasteiger partial charge in [-0.1, -0.05) is 23.7 Å². The lowest BCUT2D eigenvalue weighted by Crippen LogP contribution is -2.39. The Kier molecular flexibility index (Phi) is 4.64. The molecule has 0 aliphatic carbocycles. The number of benzene rings is 1. The van der Waals surface area contributed by atoms with Crippen LogP contribution >= 0.6 is 11.6 Å². The minimum Gasteiger partial charge on any atom is -0.380 e. The van der Waals surface area contributed by atoms with Gasteiger partial charge in [0.25, 0.3) is 0 Å². The maximum Gasteiger partial charge on any atom is 0.228 e. The second-order valence-corrected chi connectivity index (χ2v) is 6.06. The number of rotatable bonds is 2. The predicted molar refractivity (Wildman–Crippen MR) is 83.9 cm³/mol. The molecule has 2 amide bonds. The van der Waals surface area contributed by atoms with Crippen LogP contribution in [-0.2, 0) is 14.3 Å². The quantitative estimate of drug-likeness (QED) is 0.836. The summed E-state index contributed by atoms with van der Waals surface area (Å²) in [6.45, 7) is 2.98. The van der Waals surface area contributed by atoms with Crippen LogP contribution in [0.15, 0.2) is 24.3 Å². The van der Waals surface area contributed by atoms with E-state index in [4.69, 9.17) is 16.3 Å². The van der Waals surface area contributed by atoms with Crippen molar-refractivity contribution in [3.8, 4) is 0 Å². The zero-order valence-electron chi connectivity index (χ0n) is 12.3. The molecule has 0 bridgehead atoms. The first-order chi connectivity index (χ1) is 10.7. The van der Waals surface area contributed by atoms with Gasteiger partial charge >= 0.3 is 0 Å². The molecular weight excluding hydrogens is 304 g/mol. The van der Waals surface area contributed by atoms with Crippen molar-refractivity contribution in [2.45, 2.75) is 12.8 Å². The standard InChI is InChI=1S/C16H19ClN2O3/c17-13-4-1-2-5-14(13)19-11-12(10-15(19)20)16(21)18-6-3-8-22-9-7-18/h1-2,4-5,12H,3,6-11H2. The highest BCUT2D eigenvalue weighted by atomic mass is 35.5. The largest absolute Gasteiger partial charge is 0.380 e. The van der Waals surface area contributed by atoms with Crippen LogP contribution in [0.25, 0.3) is 0 Å². The third kappa shape index (κ3) is 3.10. The molecule has 1 aromatic carbocycles. The van der Waals surface area contributed by atoms with Gasteiger partial charge in [0.1, 0.15) is 0 Å². The predicted octanol–water partition coefficient (Wildman–Crippen LogP) is 1.94. The van der Waals surface area contributed by atoms with E-state index in [2.05, 4.69) is 0 Å². The Hall–Kier alpha value is -1.59. The van der Waals surface area contributed by atoms with Crippen LogP contribution in [-0.4, -0.2) is 49.6 Å². The minimum atomic E-state index is -0.290. The maximum atomic E-state index is 12.6. The molecule has 6 heteroatoms. The molecule has 22 heavy (non-hydrogen) atoms. The first-order valence-corrected chi connectivity index (χ1v) is 7.96. The highest BCUT2D eigenvalue weighted by Gasteiger charge is 2.37. The van der Waals surface area contributed by atoms with Crippen LogP contribution < -0.4 is 4.90 Å². The Morgan fingerprint density at radius 2 is 2.05 bits per heavy atom. The van der Waals surface area contributed by atoms with Gasteiger partial charge in [-0.15, -0.1) is 0 Å². The Bertz CT molecular complexity index is 570. The van der Waals surface area contributed by atoms with Gasteiger partial charge in [0, 0.05) is 32.7 Å². The molecule has 2 fully saturated rings. The fraction of sp³-hybridized carbons (Fsp3) is 0.500. The number of para-hydroxylation sites is 1. The monoisotopic (exact) mass is 322 g/mol. The fourth-order valence-electron chi connectivity index (χ4n) is 3.00. The van der Waals surface area contributed by atoms with E-state index in [0.717, 1.165) is 6.42 Å².